The van der Waals surface area contributed by atoms with E-state index in [0.717, 1.165) is 16.0 Å². The highest BCUT2D eigenvalue weighted by molar-refractivity contribution is 7.10. The summed E-state index contributed by atoms with van der Waals surface area (Å²) >= 11 is 1.44. The number of nitrogens with zero attached hydrogens (tertiary/aromatic N) is 1. The molecule has 2 heterocycles. The first-order valence-electron chi connectivity index (χ1n) is 9.48. The number of carbonyl (C=O) groups excluding carboxylic acids is 2. The number of methoxy groups -OCH3 is 1. The Morgan fingerprint density at radius 3 is 2.37 bits per heavy atom. The number of aryl methyl sites for hydroxylation is 2. The number of hydrogen-bond acceptors (Lipinski definition) is 5. The van der Waals surface area contributed by atoms with Gasteiger partial charge in [-0.05, 0) is 72.8 Å². The Hall–Kier alpha value is -3.38. The molecular formula is C24H21NO4S. The Bertz CT molecular complexity index is 1150. The number of aliphatic hydroxyl groups excluding tert-OH is 1. The van der Waals surface area contributed by atoms with Crippen molar-refractivity contribution >= 4 is 34.5 Å². The summed E-state index contributed by atoms with van der Waals surface area (Å²) < 4.78 is 5.16. The van der Waals surface area contributed by atoms with Crippen molar-refractivity contribution in [3.05, 3.63) is 87.1 Å². The summed E-state index contributed by atoms with van der Waals surface area (Å²) in [6, 6.07) is 15.5. The molecule has 1 atom stereocenters. The third-order valence-electron chi connectivity index (χ3n) is 5.39. The van der Waals surface area contributed by atoms with Gasteiger partial charge in [-0.15, -0.1) is 11.3 Å². The van der Waals surface area contributed by atoms with Gasteiger partial charge in [0.15, 0.2) is 0 Å². The van der Waals surface area contributed by atoms with E-state index in [4.69, 9.17) is 4.74 Å². The molecule has 1 unspecified atom stereocenters. The number of rotatable bonds is 4. The highest BCUT2D eigenvalue weighted by Gasteiger charge is 2.47. The van der Waals surface area contributed by atoms with Crippen molar-refractivity contribution in [2.45, 2.75) is 19.9 Å². The quantitative estimate of drug-likeness (QED) is 0.367. The molecule has 0 bridgehead atoms. The fraction of sp³-hybridized carbons (Fsp3) is 0.167. The van der Waals surface area contributed by atoms with Crippen LogP contribution in [0.2, 0.25) is 0 Å². The summed E-state index contributed by atoms with van der Waals surface area (Å²) in [5.74, 6) is -0.899. The monoisotopic (exact) mass is 419 g/mol. The molecule has 1 N–H and O–H groups in total. The second kappa shape index (κ2) is 7.80. The number of aliphatic hydroxyl groups is 1. The number of Topliss-reactive ketones (excluding diaryl/α,β-unsaturated/α-hetero) is 1. The Labute approximate surface area is 178 Å². The van der Waals surface area contributed by atoms with Crippen LogP contribution in [0.3, 0.4) is 0 Å². The van der Waals surface area contributed by atoms with Crippen LogP contribution in [-0.2, 0) is 9.59 Å². The largest absolute Gasteiger partial charge is 0.507 e. The SMILES string of the molecule is COc1ccc(/C(O)=C2/C(=O)C(=O)N(c3ccc(C)c(C)c3)C2c2cccs2)cc1. The summed E-state index contributed by atoms with van der Waals surface area (Å²) in [6.45, 7) is 3.96. The van der Waals surface area contributed by atoms with Gasteiger partial charge in [-0.3, -0.25) is 14.5 Å². The molecule has 6 heteroatoms. The molecule has 3 aromatic rings. The van der Waals surface area contributed by atoms with Crippen LogP contribution in [0.15, 0.2) is 65.6 Å². The zero-order valence-corrected chi connectivity index (χ0v) is 17.7. The van der Waals surface area contributed by atoms with Crippen molar-refractivity contribution < 1.29 is 19.4 Å². The standard InChI is InChI=1S/C24H21NO4S/c1-14-6-9-17(13-15(14)2)25-21(19-5-4-12-30-19)20(23(27)24(25)28)22(26)16-7-10-18(29-3)11-8-16/h4-13,21,26H,1-3H3/b22-20-. The summed E-state index contributed by atoms with van der Waals surface area (Å²) in [6.07, 6.45) is 0. The second-order valence-corrected chi connectivity index (χ2v) is 8.16. The number of carbonyl (C=O) groups is 2. The van der Waals surface area contributed by atoms with Crippen LogP contribution in [0.25, 0.3) is 5.76 Å². The minimum Gasteiger partial charge on any atom is -0.507 e. The van der Waals surface area contributed by atoms with E-state index in [2.05, 4.69) is 0 Å². The van der Waals surface area contributed by atoms with E-state index < -0.39 is 17.7 Å². The molecule has 5 nitrogen and oxygen atoms in total. The van der Waals surface area contributed by atoms with Crippen molar-refractivity contribution in [2.75, 3.05) is 12.0 Å². The smallest absolute Gasteiger partial charge is 0.300 e. The summed E-state index contributed by atoms with van der Waals surface area (Å²) in [5, 5.41) is 12.9. The van der Waals surface area contributed by atoms with Crippen molar-refractivity contribution in [2.24, 2.45) is 0 Å². The molecule has 0 radical (unpaired) electrons. The van der Waals surface area contributed by atoms with Crippen LogP contribution in [0.4, 0.5) is 5.69 Å². The maximum Gasteiger partial charge on any atom is 0.300 e. The summed E-state index contributed by atoms with van der Waals surface area (Å²) in [4.78, 5) is 28.4. The van der Waals surface area contributed by atoms with Crippen LogP contribution in [0.5, 0.6) is 5.75 Å². The van der Waals surface area contributed by atoms with Gasteiger partial charge >= 0.3 is 0 Å². The van der Waals surface area contributed by atoms with Crippen LogP contribution in [0.1, 0.15) is 27.6 Å². The number of ketones is 1. The van der Waals surface area contributed by atoms with E-state index in [1.165, 1.54) is 16.2 Å². The maximum absolute atomic E-state index is 13.1. The van der Waals surface area contributed by atoms with Crippen LogP contribution in [-0.4, -0.2) is 23.9 Å². The number of benzene rings is 2. The van der Waals surface area contributed by atoms with Gasteiger partial charge in [0.2, 0.25) is 0 Å². The van der Waals surface area contributed by atoms with Crippen molar-refractivity contribution in [3.63, 3.8) is 0 Å². The lowest BCUT2D eigenvalue weighted by Gasteiger charge is -2.24. The Morgan fingerprint density at radius 1 is 1.03 bits per heavy atom. The number of hydrogen-bond donors (Lipinski definition) is 1. The molecule has 0 spiro atoms. The molecule has 30 heavy (non-hydrogen) atoms. The third-order valence-corrected chi connectivity index (χ3v) is 6.31. The molecule has 0 saturated carbocycles. The van der Waals surface area contributed by atoms with Crippen molar-refractivity contribution in [1.82, 2.24) is 0 Å². The molecule has 1 amide bonds. The van der Waals surface area contributed by atoms with Gasteiger partial charge < -0.3 is 9.84 Å². The van der Waals surface area contributed by atoms with Gasteiger partial charge in [-0.2, -0.15) is 0 Å². The molecule has 1 aliphatic rings. The predicted octanol–water partition coefficient (Wildman–Crippen LogP) is 5.00. The minimum absolute atomic E-state index is 0.0887. The molecular weight excluding hydrogens is 398 g/mol. The Morgan fingerprint density at radius 2 is 1.77 bits per heavy atom. The molecule has 152 valence electrons. The molecule has 1 saturated heterocycles. The van der Waals surface area contributed by atoms with Gasteiger partial charge in [-0.1, -0.05) is 12.1 Å². The van der Waals surface area contributed by atoms with E-state index in [1.54, 1.807) is 31.4 Å². The first-order chi connectivity index (χ1) is 14.4. The van der Waals surface area contributed by atoms with Gasteiger partial charge in [0, 0.05) is 16.1 Å². The Balaban J connectivity index is 1.90. The topological polar surface area (TPSA) is 66.8 Å². The number of anilines is 1. The average molecular weight is 420 g/mol. The highest BCUT2D eigenvalue weighted by Crippen LogP contribution is 2.43. The molecule has 1 aliphatic heterocycles. The van der Waals surface area contributed by atoms with Gasteiger partial charge in [-0.25, -0.2) is 0 Å². The molecule has 4 rings (SSSR count). The molecule has 1 fully saturated rings. The number of ether oxygens (including phenoxy) is 1. The number of thiophene rings is 1. The fourth-order valence-electron chi connectivity index (χ4n) is 3.59. The van der Waals surface area contributed by atoms with Gasteiger partial charge in [0.05, 0.1) is 12.7 Å². The van der Waals surface area contributed by atoms with Crippen molar-refractivity contribution in [1.29, 1.82) is 0 Å². The Kier molecular flexibility index (Phi) is 5.18. The molecule has 0 aliphatic carbocycles. The van der Waals surface area contributed by atoms with Gasteiger partial charge in [0.1, 0.15) is 17.6 Å². The maximum atomic E-state index is 13.1. The summed E-state index contributed by atoms with van der Waals surface area (Å²) in [7, 11) is 1.56. The second-order valence-electron chi connectivity index (χ2n) is 7.18. The highest BCUT2D eigenvalue weighted by atomic mass is 32.1. The van der Waals surface area contributed by atoms with Crippen molar-refractivity contribution in [3.8, 4) is 5.75 Å². The fourth-order valence-corrected chi connectivity index (χ4v) is 4.42. The molecule has 2 aromatic carbocycles. The average Bonchev–Trinajstić information content (AvgIpc) is 3.37. The predicted molar refractivity (Wildman–Crippen MR) is 118 cm³/mol. The normalized spacial score (nSPS) is 18.1. The first kappa shape index (κ1) is 19.9. The van der Waals surface area contributed by atoms with Crippen LogP contribution >= 0.6 is 11.3 Å². The lowest BCUT2D eigenvalue weighted by molar-refractivity contribution is -0.132. The third kappa shape index (κ3) is 3.29. The van der Waals surface area contributed by atoms with E-state index >= 15 is 0 Å². The van der Waals surface area contributed by atoms with E-state index in [-0.39, 0.29) is 11.3 Å². The van der Waals surface area contributed by atoms with Crippen LogP contribution < -0.4 is 9.64 Å². The van der Waals surface area contributed by atoms with Crippen LogP contribution in [0, 0.1) is 13.8 Å². The first-order valence-corrected chi connectivity index (χ1v) is 10.4. The zero-order valence-electron chi connectivity index (χ0n) is 16.9. The van der Waals surface area contributed by atoms with E-state index in [0.29, 0.717) is 17.0 Å². The molecule has 1 aromatic heterocycles. The number of amides is 1. The van der Waals surface area contributed by atoms with E-state index in [9.17, 15) is 14.7 Å². The zero-order chi connectivity index (χ0) is 21.4. The lowest BCUT2D eigenvalue weighted by atomic mass is 9.99. The minimum atomic E-state index is -0.694. The van der Waals surface area contributed by atoms with E-state index in [1.807, 2.05) is 49.6 Å². The lowest BCUT2D eigenvalue weighted by Crippen LogP contribution is -2.29. The van der Waals surface area contributed by atoms with Gasteiger partial charge in [0.25, 0.3) is 11.7 Å². The summed E-state index contributed by atoms with van der Waals surface area (Å²) in [5.41, 5.74) is 3.30.